The summed E-state index contributed by atoms with van der Waals surface area (Å²) >= 11 is 0. The number of aromatic nitrogens is 4. The highest BCUT2D eigenvalue weighted by Gasteiger charge is 2.22. The predicted octanol–water partition coefficient (Wildman–Crippen LogP) is 1.39. The molecule has 0 aliphatic carbocycles. The van der Waals surface area contributed by atoms with Gasteiger partial charge in [-0.2, -0.15) is 0 Å². The molecule has 3 rings (SSSR count). The fraction of sp³-hybridized carbons (Fsp3) is 0.471. The van der Waals surface area contributed by atoms with E-state index in [2.05, 4.69) is 30.2 Å². The first kappa shape index (κ1) is 16.3. The minimum atomic E-state index is -0.173. The summed E-state index contributed by atoms with van der Waals surface area (Å²) in [4.78, 5) is 31.2. The van der Waals surface area contributed by atoms with Gasteiger partial charge in [-0.15, -0.1) is 0 Å². The molecule has 2 aromatic rings. The van der Waals surface area contributed by atoms with Crippen LogP contribution in [0.1, 0.15) is 34.8 Å². The van der Waals surface area contributed by atoms with Crippen LogP contribution in [0.15, 0.2) is 24.7 Å². The van der Waals surface area contributed by atoms with E-state index in [4.69, 9.17) is 0 Å². The molecule has 1 aliphatic rings. The molecule has 0 radical (unpaired) electrons. The maximum atomic E-state index is 11.8. The molecule has 1 amide bonds. The number of aryl methyl sites for hydroxylation is 1. The highest BCUT2D eigenvalue weighted by molar-refractivity contribution is 5.92. The smallest absolute Gasteiger partial charge is 0.269 e. The molecule has 24 heavy (non-hydrogen) atoms. The Kier molecular flexibility index (Phi) is 4.98. The first-order chi connectivity index (χ1) is 11.7. The maximum Gasteiger partial charge on any atom is 0.269 e. The van der Waals surface area contributed by atoms with Crippen molar-refractivity contribution >= 4 is 11.7 Å². The lowest BCUT2D eigenvalue weighted by atomic mass is 9.93. The molecular formula is C17H22N6O. The van der Waals surface area contributed by atoms with E-state index in [0.29, 0.717) is 17.4 Å². The molecule has 0 saturated carbocycles. The Balaban J connectivity index is 1.71. The van der Waals surface area contributed by atoms with Crippen LogP contribution in [0.2, 0.25) is 0 Å². The summed E-state index contributed by atoms with van der Waals surface area (Å²) < 4.78 is 0. The van der Waals surface area contributed by atoms with Gasteiger partial charge in [0.05, 0.1) is 0 Å². The zero-order valence-corrected chi connectivity index (χ0v) is 14.1. The van der Waals surface area contributed by atoms with Gasteiger partial charge in [0, 0.05) is 32.0 Å². The third kappa shape index (κ3) is 3.84. The third-order valence-electron chi connectivity index (χ3n) is 4.26. The van der Waals surface area contributed by atoms with Crippen molar-refractivity contribution in [2.45, 2.75) is 26.2 Å². The minimum Gasteiger partial charge on any atom is -0.356 e. The Morgan fingerprint density at radius 1 is 1.42 bits per heavy atom. The zero-order valence-electron chi connectivity index (χ0n) is 14.1. The fourth-order valence-corrected chi connectivity index (χ4v) is 3.18. The van der Waals surface area contributed by atoms with Crippen LogP contribution in [0.25, 0.3) is 0 Å². The van der Waals surface area contributed by atoms with Crippen LogP contribution in [0, 0.1) is 12.8 Å². The zero-order chi connectivity index (χ0) is 16.9. The molecule has 2 aromatic heterocycles. The van der Waals surface area contributed by atoms with Crippen LogP contribution in [0.3, 0.4) is 0 Å². The lowest BCUT2D eigenvalue weighted by molar-refractivity contribution is 0.0957. The van der Waals surface area contributed by atoms with E-state index >= 15 is 0 Å². The number of amides is 1. The quantitative estimate of drug-likeness (QED) is 0.914. The topological polar surface area (TPSA) is 83.9 Å². The van der Waals surface area contributed by atoms with E-state index < -0.39 is 0 Å². The second-order valence-electron chi connectivity index (χ2n) is 6.10. The maximum absolute atomic E-state index is 11.8. The molecule has 1 atom stereocenters. The molecule has 0 unspecified atom stereocenters. The standard InChI is InChI=1S/C17H22N6O/c1-12-21-14(9-15(22-12)17(24)18-2)8-13-4-3-7-23(10-13)16-5-6-19-11-20-16/h5-6,9,11,13H,3-4,7-8,10H2,1-2H3,(H,18,24)/t13-/m1/s1. The number of rotatable bonds is 4. The molecule has 0 aromatic carbocycles. The van der Waals surface area contributed by atoms with Crippen LogP contribution >= 0.6 is 0 Å². The van der Waals surface area contributed by atoms with Gasteiger partial charge < -0.3 is 10.2 Å². The van der Waals surface area contributed by atoms with Gasteiger partial charge in [0.2, 0.25) is 0 Å². The largest absolute Gasteiger partial charge is 0.356 e. The van der Waals surface area contributed by atoms with Crippen LogP contribution in [-0.4, -0.2) is 46.0 Å². The molecule has 3 heterocycles. The van der Waals surface area contributed by atoms with E-state index in [1.165, 1.54) is 0 Å². The Labute approximate surface area is 141 Å². The molecule has 7 heteroatoms. The van der Waals surface area contributed by atoms with Gasteiger partial charge in [-0.05, 0) is 44.2 Å². The molecule has 7 nitrogen and oxygen atoms in total. The van der Waals surface area contributed by atoms with E-state index in [1.54, 1.807) is 25.6 Å². The molecule has 1 saturated heterocycles. The number of carbonyl (C=O) groups excluding carboxylic acids is 1. The summed E-state index contributed by atoms with van der Waals surface area (Å²) in [6.45, 7) is 3.78. The van der Waals surface area contributed by atoms with E-state index in [9.17, 15) is 4.79 Å². The number of carbonyl (C=O) groups is 1. The van der Waals surface area contributed by atoms with Crippen LogP contribution < -0.4 is 10.2 Å². The molecule has 1 N–H and O–H groups in total. The second kappa shape index (κ2) is 7.33. The highest BCUT2D eigenvalue weighted by atomic mass is 16.1. The van der Waals surface area contributed by atoms with Crippen LogP contribution in [-0.2, 0) is 6.42 Å². The number of hydrogen-bond donors (Lipinski definition) is 1. The summed E-state index contributed by atoms with van der Waals surface area (Å²) in [6.07, 6.45) is 6.48. The van der Waals surface area contributed by atoms with E-state index in [1.807, 2.05) is 13.0 Å². The first-order valence-electron chi connectivity index (χ1n) is 8.23. The monoisotopic (exact) mass is 326 g/mol. The third-order valence-corrected chi connectivity index (χ3v) is 4.26. The average Bonchev–Trinajstić information content (AvgIpc) is 2.61. The Morgan fingerprint density at radius 3 is 3.04 bits per heavy atom. The summed E-state index contributed by atoms with van der Waals surface area (Å²) in [5.41, 5.74) is 1.36. The van der Waals surface area contributed by atoms with Crippen molar-refractivity contribution in [2.75, 3.05) is 25.0 Å². The number of anilines is 1. The SMILES string of the molecule is CNC(=O)c1cc(C[C@H]2CCCN(c3ccncn3)C2)nc(C)n1. The minimum absolute atomic E-state index is 0.173. The Bertz CT molecular complexity index is 705. The molecule has 126 valence electrons. The normalized spacial score (nSPS) is 17.6. The van der Waals surface area contributed by atoms with Gasteiger partial charge in [-0.3, -0.25) is 4.79 Å². The lowest BCUT2D eigenvalue weighted by Gasteiger charge is -2.33. The average molecular weight is 326 g/mol. The predicted molar refractivity (Wildman–Crippen MR) is 90.8 cm³/mol. The van der Waals surface area contributed by atoms with E-state index in [0.717, 1.165) is 43.9 Å². The van der Waals surface area contributed by atoms with Crippen molar-refractivity contribution < 1.29 is 4.79 Å². The Morgan fingerprint density at radius 2 is 2.29 bits per heavy atom. The second-order valence-corrected chi connectivity index (χ2v) is 6.10. The van der Waals surface area contributed by atoms with Gasteiger partial charge in [0.1, 0.15) is 23.7 Å². The van der Waals surface area contributed by atoms with Crippen molar-refractivity contribution in [3.8, 4) is 0 Å². The van der Waals surface area contributed by atoms with Crippen molar-refractivity contribution in [3.05, 3.63) is 41.9 Å². The summed E-state index contributed by atoms with van der Waals surface area (Å²) in [5.74, 6) is 1.92. The van der Waals surface area contributed by atoms with Crippen molar-refractivity contribution in [1.82, 2.24) is 25.3 Å². The lowest BCUT2D eigenvalue weighted by Crippen LogP contribution is -2.37. The first-order valence-corrected chi connectivity index (χ1v) is 8.23. The molecule has 1 aliphatic heterocycles. The van der Waals surface area contributed by atoms with Crippen molar-refractivity contribution in [1.29, 1.82) is 0 Å². The van der Waals surface area contributed by atoms with Gasteiger partial charge in [0.15, 0.2) is 0 Å². The summed E-state index contributed by atoms with van der Waals surface area (Å²) in [6, 6.07) is 3.75. The van der Waals surface area contributed by atoms with Gasteiger partial charge in [-0.1, -0.05) is 0 Å². The number of nitrogens with zero attached hydrogens (tertiary/aromatic N) is 5. The molecule has 0 bridgehead atoms. The van der Waals surface area contributed by atoms with Gasteiger partial charge in [0.25, 0.3) is 5.91 Å². The van der Waals surface area contributed by atoms with E-state index in [-0.39, 0.29) is 5.91 Å². The Hall–Kier alpha value is -2.57. The van der Waals surface area contributed by atoms with Crippen molar-refractivity contribution in [2.24, 2.45) is 5.92 Å². The van der Waals surface area contributed by atoms with Gasteiger partial charge in [-0.25, -0.2) is 19.9 Å². The van der Waals surface area contributed by atoms with Crippen LogP contribution in [0.5, 0.6) is 0 Å². The highest BCUT2D eigenvalue weighted by Crippen LogP contribution is 2.23. The number of piperidine rings is 1. The summed E-state index contributed by atoms with van der Waals surface area (Å²) in [7, 11) is 1.61. The summed E-state index contributed by atoms with van der Waals surface area (Å²) in [5, 5.41) is 2.62. The molecular weight excluding hydrogens is 304 g/mol. The van der Waals surface area contributed by atoms with Crippen LogP contribution in [0.4, 0.5) is 5.82 Å². The van der Waals surface area contributed by atoms with Crippen molar-refractivity contribution in [3.63, 3.8) is 0 Å². The van der Waals surface area contributed by atoms with Gasteiger partial charge >= 0.3 is 0 Å². The molecule has 1 fully saturated rings. The number of hydrogen-bond acceptors (Lipinski definition) is 6. The number of nitrogens with one attached hydrogen (secondary N) is 1. The molecule has 0 spiro atoms. The fourth-order valence-electron chi connectivity index (χ4n) is 3.18.